The van der Waals surface area contributed by atoms with Crippen LogP contribution in [-0.4, -0.2) is 33.0 Å². The summed E-state index contributed by atoms with van der Waals surface area (Å²) in [6.45, 7) is 3.92. The highest BCUT2D eigenvalue weighted by Crippen LogP contribution is 2.34. The van der Waals surface area contributed by atoms with E-state index < -0.39 is 0 Å². The van der Waals surface area contributed by atoms with Gasteiger partial charge in [-0.05, 0) is 19.1 Å². The van der Waals surface area contributed by atoms with Crippen molar-refractivity contribution in [1.82, 2.24) is 30.6 Å². The van der Waals surface area contributed by atoms with Crippen molar-refractivity contribution in [2.45, 2.75) is 18.5 Å². The number of nitrogens with one attached hydrogen (secondary N) is 2. The highest BCUT2D eigenvalue weighted by atomic mass is 15.2. The normalized spacial score (nSPS) is 27.1. The third kappa shape index (κ3) is 2.20. The SMILES string of the molecule is CC1(c2ccncn2)NCCNC1c1ccncn1. The van der Waals surface area contributed by atoms with E-state index >= 15 is 0 Å². The zero-order valence-corrected chi connectivity index (χ0v) is 10.7. The minimum atomic E-state index is -0.310. The molecule has 6 heteroatoms. The molecule has 0 bridgehead atoms. The molecule has 0 radical (unpaired) electrons. The number of rotatable bonds is 2. The molecular weight excluding hydrogens is 240 g/mol. The molecule has 2 aromatic heterocycles. The van der Waals surface area contributed by atoms with E-state index in [4.69, 9.17) is 0 Å². The van der Waals surface area contributed by atoms with Gasteiger partial charge in [-0.1, -0.05) is 0 Å². The number of nitrogens with zero attached hydrogens (tertiary/aromatic N) is 4. The molecule has 1 aliphatic rings. The molecule has 2 atom stereocenters. The van der Waals surface area contributed by atoms with E-state index in [1.807, 2.05) is 12.1 Å². The second-order valence-corrected chi connectivity index (χ2v) is 4.75. The van der Waals surface area contributed by atoms with Crippen LogP contribution in [-0.2, 0) is 5.54 Å². The molecule has 3 rings (SSSR count). The van der Waals surface area contributed by atoms with Gasteiger partial charge < -0.3 is 10.6 Å². The minimum Gasteiger partial charge on any atom is -0.306 e. The maximum absolute atomic E-state index is 4.39. The lowest BCUT2D eigenvalue weighted by atomic mass is 9.84. The molecule has 2 unspecified atom stereocenters. The molecule has 98 valence electrons. The van der Waals surface area contributed by atoms with Crippen LogP contribution in [0.4, 0.5) is 0 Å². The van der Waals surface area contributed by atoms with E-state index in [1.165, 1.54) is 0 Å². The maximum atomic E-state index is 4.39. The van der Waals surface area contributed by atoms with E-state index in [1.54, 1.807) is 25.0 Å². The fourth-order valence-electron chi connectivity index (χ4n) is 2.55. The lowest BCUT2D eigenvalue weighted by Crippen LogP contribution is -2.57. The molecule has 0 amide bonds. The summed E-state index contributed by atoms with van der Waals surface area (Å²) in [6, 6.07) is 3.93. The molecule has 0 saturated carbocycles. The van der Waals surface area contributed by atoms with E-state index in [9.17, 15) is 0 Å². The number of aromatic nitrogens is 4. The second kappa shape index (κ2) is 4.99. The van der Waals surface area contributed by atoms with Gasteiger partial charge in [0.05, 0.1) is 23.0 Å². The molecule has 0 aromatic carbocycles. The summed E-state index contributed by atoms with van der Waals surface area (Å²) >= 11 is 0. The number of hydrogen-bond acceptors (Lipinski definition) is 6. The van der Waals surface area contributed by atoms with Crippen LogP contribution in [0.3, 0.4) is 0 Å². The minimum absolute atomic E-state index is 0.0548. The Hall–Kier alpha value is -1.92. The van der Waals surface area contributed by atoms with Gasteiger partial charge in [-0.3, -0.25) is 0 Å². The lowest BCUT2D eigenvalue weighted by molar-refractivity contribution is 0.209. The smallest absolute Gasteiger partial charge is 0.115 e. The summed E-state index contributed by atoms with van der Waals surface area (Å²) in [7, 11) is 0. The Labute approximate surface area is 111 Å². The standard InChI is InChI=1S/C13H16N6/c1-13(11-3-5-15-9-18-11)12(16-6-7-19-13)10-2-4-14-8-17-10/h2-5,8-9,12,16,19H,6-7H2,1H3. The molecule has 0 spiro atoms. The van der Waals surface area contributed by atoms with Crippen molar-refractivity contribution < 1.29 is 0 Å². The van der Waals surface area contributed by atoms with E-state index in [2.05, 4.69) is 37.5 Å². The molecule has 1 aliphatic heterocycles. The Kier molecular flexibility index (Phi) is 3.18. The lowest BCUT2D eigenvalue weighted by Gasteiger charge is -2.42. The average Bonchev–Trinajstić information content (AvgIpc) is 2.49. The van der Waals surface area contributed by atoms with Gasteiger partial charge in [0.2, 0.25) is 0 Å². The van der Waals surface area contributed by atoms with E-state index in [0.29, 0.717) is 0 Å². The van der Waals surface area contributed by atoms with E-state index in [-0.39, 0.29) is 11.6 Å². The van der Waals surface area contributed by atoms with Crippen LogP contribution >= 0.6 is 0 Å². The van der Waals surface area contributed by atoms with Crippen molar-refractivity contribution in [3.8, 4) is 0 Å². The van der Waals surface area contributed by atoms with Gasteiger partial charge in [-0.2, -0.15) is 0 Å². The van der Waals surface area contributed by atoms with Gasteiger partial charge in [-0.15, -0.1) is 0 Å². The summed E-state index contributed by atoms with van der Waals surface area (Å²) in [5.41, 5.74) is 1.61. The number of piperazine rings is 1. The van der Waals surface area contributed by atoms with E-state index in [0.717, 1.165) is 24.5 Å². The third-order valence-electron chi connectivity index (χ3n) is 3.56. The second-order valence-electron chi connectivity index (χ2n) is 4.75. The summed E-state index contributed by atoms with van der Waals surface area (Å²) < 4.78 is 0. The van der Waals surface area contributed by atoms with Crippen molar-refractivity contribution in [2.24, 2.45) is 0 Å². The van der Waals surface area contributed by atoms with Crippen LogP contribution in [0.2, 0.25) is 0 Å². The first-order chi connectivity index (χ1) is 9.31. The molecule has 0 aliphatic carbocycles. The van der Waals surface area contributed by atoms with Crippen LogP contribution in [0.1, 0.15) is 24.4 Å². The Morgan fingerprint density at radius 2 is 1.89 bits per heavy atom. The van der Waals surface area contributed by atoms with Gasteiger partial charge in [0, 0.05) is 25.5 Å². The van der Waals surface area contributed by atoms with Crippen molar-refractivity contribution >= 4 is 0 Å². The Morgan fingerprint density at radius 3 is 2.58 bits per heavy atom. The summed E-state index contributed by atoms with van der Waals surface area (Å²) in [5, 5.41) is 7.06. The summed E-state index contributed by atoms with van der Waals surface area (Å²) in [5.74, 6) is 0. The number of hydrogen-bond donors (Lipinski definition) is 2. The first-order valence-electron chi connectivity index (χ1n) is 6.31. The highest BCUT2D eigenvalue weighted by Gasteiger charge is 2.40. The maximum Gasteiger partial charge on any atom is 0.115 e. The molecule has 6 nitrogen and oxygen atoms in total. The van der Waals surface area contributed by atoms with Gasteiger partial charge in [-0.25, -0.2) is 19.9 Å². The van der Waals surface area contributed by atoms with Crippen molar-refractivity contribution in [3.05, 3.63) is 48.6 Å². The fraction of sp³-hybridized carbons (Fsp3) is 0.385. The van der Waals surface area contributed by atoms with Crippen molar-refractivity contribution in [3.63, 3.8) is 0 Å². The Bertz CT molecular complexity index is 531. The van der Waals surface area contributed by atoms with Crippen LogP contribution in [0.5, 0.6) is 0 Å². The zero-order chi connectivity index (χ0) is 13.1. The first-order valence-corrected chi connectivity index (χ1v) is 6.31. The average molecular weight is 256 g/mol. The first kappa shape index (κ1) is 12.1. The Morgan fingerprint density at radius 1 is 1.11 bits per heavy atom. The van der Waals surface area contributed by atoms with Crippen LogP contribution < -0.4 is 10.6 Å². The molecule has 2 aromatic rings. The highest BCUT2D eigenvalue weighted by molar-refractivity contribution is 5.23. The van der Waals surface area contributed by atoms with Crippen molar-refractivity contribution in [1.29, 1.82) is 0 Å². The zero-order valence-electron chi connectivity index (χ0n) is 10.7. The predicted octanol–water partition coefficient (Wildman–Crippen LogP) is 0.416. The topological polar surface area (TPSA) is 75.6 Å². The van der Waals surface area contributed by atoms with Gasteiger partial charge >= 0.3 is 0 Å². The largest absolute Gasteiger partial charge is 0.306 e. The Balaban J connectivity index is 2.02. The molecule has 1 fully saturated rings. The van der Waals surface area contributed by atoms with Crippen LogP contribution in [0.25, 0.3) is 0 Å². The molecular formula is C13H16N6. The van der Waals surface area contributed by atoms with Crippen LogP contribution in [0, 0.1) is 0 Å². The fourth-order valence-corrected chi connectivity index (χ4v) is 2.55. The van der Waals surface area contributed by atoms with Gasteiger partial charge in [0.1, 0.15) is 12.7 Å². The van der Waals surface area contributed by atoms with Gasteiger partial charge in [0.25, 0.3) is 0 Å². The quantitative estimate of drug-likeness (QED) is 0.811. The molecule has 2 N–H and O–H groups in total. The van der Waals surface area contributed by atoms with Gasteiger partial charge in [0.15, 0.2) is 0 Å². The summed E-state index contributed by atoms with van der Waals surface area (Å²) in [6.07, 6.45) is 6.68. The van der Waals surface area contributed by atoms with Crippen LogP contribution in [0.15, 0.2) is 37.2 Å². The third-order valence-corrected chi connectivity index (χ3v) is 3.56. The molecule has 19 heavy (non-hydrogen) atoms. The molecule has 1 saturated heterocycles. The molecule has 3 heterocycles. The monoisotopic (exact) mass is 256 g/mol. The van der Waals surface area contributed by atoms with Crippen molar-refractivity contribution in [2.75, 3.05) is 13.1 Å². The summed E-state index contributed by atoms with van der Waals surface area (Å²) in [4.78, 5) is 16.7. The predicted molar refractivity (Wildman–Crippen MR) is 70.2 cm³/mol.